The van der Waals surface area contributed by atoms with Crippen LogP contribution in [-0.2, 0) is 21.4 Å². The summed E-state index contributed by atoms with van der Waals surface area (Å²) in [5.41, 5.74) is 0.534. The molecule has 1 atom stereocenters. The van der Waals surface area contributed by atoms with Gasteiger partial charge < -0.3 is 10.1 Å². The molecule has 1 rings (SSSR count). The Morgan fingerprint density at radius 3 is 2.81 bits per heavy atom. The Bertz CT molecular complexity index is 441. The highest BCUT2D eigenvalue weighted by Crippen LogP contribution is 1.99. The zero-order valence-electron chi connectivity index (χ0n) is 8.47. The van der Waals surface area contributed by atoms with Crippen LogP contribution in [-0.4, -0.2) is 42.6 Å². The third-order valence-corrected chi connectivity index (χ3v) is 2.98. The number of carboxylic acids is 1. The van der Waals surface area contributed by atoms with E-state index in [1.54, 1.807) is 0 Å². The van der Waals surface area contributed by atoms with E-state index in [2.05, 4.69) is 9.97 Å². The Morgan fingerprint density at radius 1 is 1.69 bits per heavy atom. The van der Waals surface area contributed by atoms with Crippen molar-refractivity contribution < 1.29 is 18.3 Å². The van der Waals surface area contributed by atoms with Crippen LogP contribution in [0.5, 0.6) is 0 Å². The first-order valence-electron chi connectivity index (χ1n) is 4.35. The number of carboxylic acid groups (broad SMARTS) is 1. The van der Waals surface area contributed by atoms with Gasteiger partial charge in [-0.05, 0) is 0 Å². The van der Waals surface area contributed by atoms with E-state index in [1.807, 2.05) is 9.44 Å². The molecule has 0 aromatic carbocycles. The molecule has 0 aliphatic rings. The molecule has 0 saturated heterocycles. The minimum Gasteiger partial charge on any atom is -0.480 e. The number of nitrogens with zero attached hydrogens (tertiary/aromatic N) is 1. The number of nitrogens with one attached hydrogen (secondary N) is 3. The van der Waals surface area contributed by atoms with E-state index in [1.165, 1.54) is 19.6 Å². The van der Waals surface area contributed by atoms with E-state index >= 15 is 0 Å². The Labute approximate surface area is 92.3 Å². The summed E-state index contributed by atoms with van der Waals surface area (Å²) in [5, 5.41) is 8.84. The van der Waals surface area contributed by atoms with Crippen molar-refractivity contribution in [3.63, 3.8) is 0 Å². The maximum atomic E-state index is 11.1. The van der Waals surface area contributed by atoms with E-state index < -0.39 is 22.2 Å². The van der Waals surface area contributed by atoms with Gasteiger partial charge in [-0.25, -0.2) is 9.71 Å². The smallest absolute Gasteiger partial charge is 0.322 e. The second-order valence-electron chi connectivity index (χ2n) is 3.00. The molecule has 4 N–H and O–H groups in total. The van der Waals surface area contributed by atoms with Crippen molar-refractivity contribution in [1.82, 2.24) is 19.4 Å². The molecule has 90 valence electrons. The number of aromatic nitrogens is 2. The number of hydrogen-bond donors (Lipinski definition) is 4. The molecule has 0 radical (unpaired) electrons. The van der Waals surface area contributed by atoms with Gasteiger partial charge in [-0.15, -0.1) is 0 Å². The van der Waals surface area contributed by atoms with E-state index in [0.29, 0.717) is 5.69 Å². The summed E-state index contributed by atoms with van der Waals surface area (Å²) < 4.78 is 26.2. The number of rotatable bonds is 6. The highest BCUT2D eigenvalue weighted by molar-refractivity contribution is 7.87. The summed E-state index contributed by atoms with van der Waals surface area (Å²) in [6.07, 6.45) is 2.82. The molecule has 0 aliphatic carbocycles. The molecule has 1 aromatic heterocycles. The number of H-pyrrole nitrogens is 1. The first-order chi connectivity index (χ1) is 7.44. The van der Waals surface area contributed by atoms with Crippen LogP contribution in [0, 0.1) is 0 Å². The molecule has 0 saturated carbocycles. The molecule has 1 heterocycles. The third kappa shape index (κ3) is 3.61. The molecular weight excluding hydrogens is 236 g/mol. The molecule has 0 bridgehead atoms. The van der Waals surface area contributed by atoms with Gasteiger partial charge in [-0.2, -0.15) is 13.1 Å². The lowest BCUT2D eigenvalue weighted by molar-refractivity contribution is -0.138. The number of hydrogen-bond acceptors (Lipinski definition) is 4. The van der Waals surface area contributed by atoms with Gasteiger partial charge in [0.05, 0.1) is 6.33 Å². The summed E-state index contributed by atoms with van der Waals surface area (Å²) in [6, 6.07) is -1.24. The summed E-state index contributed by atoms with van der Waals surface area (Å²) in [5.74, 6) is -1.26. The fraction of sp³-hybridized carbons (Fsp3) is 0.429. The number of carbonyl (C=O) groups is 1. The topological polar surface area (TPSA) is 124 Å². The summed E-state index contributed by atoms with van der Waals surface area (Å²) in [4.78, 5) is 17.2. The fourth-order valence-electron chi connectivity index (χ4n) is 1.04. The SMILES string of the molecule is CNS(=O)(=O)N[C@@H](Cc1cnc[nH]1)C(=O)O. The minimum absolute atomic E-state index is 0.00373. The molecular formula is C7H12N4O4S. The predicted molar refractivity (Wildman–Crippen MR) is 54.8 cm³/mol. The fourth-order valence-corrected chi connectivity index (χ4v) is 1.72. The Hall–Kier alpha value is -1.45. The average Bonchev–Trinajstić information content (AvgIpc) is 2.69. The molecule has 0 fully saturated rings. The molecule has 0 aliphatic heterocycles. The van der Waals surface area contributed by atoms with Gasteiger partial charge in [0.25, 0.3) is 10.2 Å². The van der Waals surface area contributed by atoms with Crippen LogP contribution >= 0.6 is 0 Å². The predicted octanol–water partition coefficient (Wildman–Crippen LogP) is -1.54. The maximum Gasteiger partial charge on any atom is 0.322 e. The van der Waals surface area contributed by atoms with Crippen LogP contribution < -0.4 is 9.44 Å². The standard InChI is InChI=1S/C7H12N4O4S/c1-8-16(14,15)11-6(7(12)13)2-5-3-9-4-10-5/h3-4,6,8,11H,2H2,1H3,(H,9,10)(H,12,13)/t6-/m0/s1. The van der Waals surface area contributed by atoms with Gasteiger partial charge >= 0.3 is 5.97 Å². The van der Waals surface area contributed by atoms with E-state index in [-0.39, 0.29) is 6.42 Å². The Kier molecular flexibility index (Phi) is 3.99. The van der Waals surface area contributed by atoms with Crippen molar-refractivity contribution in [2.24, 2.45) is 0 Å². The van der Waals surface area contributed by atoms with Crippen LogP contribution in [0.2, 0.25) is 0 Å². The number of aliphatic carboxylic acids is 1. The summed E-state index contributed by atoms with van der Waals surface area (Å²) >= 11 is 0. The van der Waals surface area contributed by atoms with Crippen molar-refractivity contribution in [3.05, 3.63) is 18.2 Å². The lowest BCUT2D eigenvalue weighted by Crippen LogP contribution is -2.46. The first kappa shape index (κ1) is 12.6. The normalized spacial score (nSPS) is 13.6. The van der Waals surface area contributed by atoms with Crippen LogP contribution in [0.4, 0.5) is 0 Å². The van der Waals surface area contributed by atoms with Crippen LogP contribution in [0.15, 0.2) is 12.5 Å². The lowest BCUT2D eigenvalue weighted by Gasteiger charge is -2.12. The van der Waals surface area contributed by atoms with Crippen molar-refractivity contribution in [2.75, 3.05) is 7.05 Å². The van der Waals surface area contributed by atoms with Gasteiger partial charge in [-0.3, -0.25) is 4.79 Å². The second kappa shape index (κ2) is 5.05. The maximum absolute atomic E-state index is 11.1. The summed E-state index contributed by atoms with van der Waals surface area (Å²) in [7, 11) is -2.59. The van der Waals surface area contributed by atoms with Crippen molar-refractivity contribution >= 4 is 16.2 Å². The van der Waals surface area contributed by atoms with Crippen molar-refractivity contribution in [2.45, 2.75) is 12.5 Å². The average molecular weight is 248 g/mol. The van der Waals surface area contributed by atoms with Crippen LogP contribution in [0.3, 0.4) is 0 Å². The number of aromatic amines is 1. The van der Waals surface area contributed by atoms with Gasteiger partial charge in [0.2, 0.25) is 0 Å². The Morgan fingerprint density at radius 2 is 2.38 bits per heavy atom. The quantitative estimate of drug-likeness (QED) is 0.485. The van der Waals surface area contributed by atoms with Crippen LogP contribution in [0.25, 0.3) is 0 Å². The molecule has 16 heavy (non-hydrogen) atoms. The zero-order valence-corrected chi connectivity index (χ0v) is 9.28. The zero-order chi connectivity index (χ0) is 12.2. The van der Waals surface area contributed by atoms with Gasteiger partial charge in [0.1, 0.15) is 6.04 Å². The van der Waals surface area contributed by atoms with Crippen molar-refractivity contribution in [3.8, 4) is 0 Å². The molecule has 0 amide bonds. The largest absolute Gasteiger partial charge is 0.480 e. The molecule has 8 nitrogen and oxygen atoms in total. The third-order valence-electron chi connectivity index (χ3n) is 1.84. The number of imidazole rings is 1. The second-order valence-corrected chi connectivity index (χ2v) is 4.65. The molecule has 1 aromatic rings. The minimum atomic E-state index is -3.78. The van der Waals surface area contributed by atoms with E-state index in [9.17, 15) is 13.2 Å². The van der Waals surface area contributed by atoms with Gasteiger partial charge in [0.15, 0.2) is 0 Å². The van der Waals surface area contributed by atoms with E-state index in [0.717, 1.165) is 0 Å². The van der Waals surface area contributed by atoms with Crippen molar-refractivity contribution in [1.29, 1.82) is 0 Å². The molecule has 0 spiro atoms. The Balaban J connectivity index is 2.73. The van der Waals surface area contributed by atoms with E-state index in [4.69, 9.17) is 5.11 Å². The highest BCUT2D eigenvalue weighted by Gasteiger charge is 2.23. The van der Waals surface area contributed by atoms with Crippen LogP contribution in [0.1, 0.15) is 5.69 Å². The monoisotopic (exact) mass is 248 g/mol. The van der Waals surface area contributed by atoms with Gasteiger partial charge in [-0.1, -0.05) is 0 Å². The highest BCUT2D eigenvalue weighted by atomic mass is 32.2. The molecule has 9 heteroatoms. The van der Waals surface area contributed by atoms with Gasteiger partial charge in [0, 0.05) is 25.4 Å². The summed E-state index contributed by atoms with van der Waals surface area (Å²) in [6.45, 7) is 0. The lowest BCUT2D eigenvalue weighted by atomic mass is 10.2. The first-order valence-corrected chi connectivity index (χ1v) is 5.84. The molecule has 0 unspecified atom stereocenters.